The smallest absolute Gasteiger partial charge is 0.271 e. The van der Waals surface area contributed by atoms with Gasteiger partial charge in [0.2, 0.25) is 0 Å². The van der Waals surface area contributed by atoms with Gasteiger partial charge in [0, 0.05) is 17.8 Å². The number of thiocarbonyl (C=S) groups is 1. The molecule has 1 unspecified atom stereocenters. The maximum atomic E-state index is 10.8. The van der Waals surface area contributed by atoms with E-state index in [2.05, 4.69) is 10.6 Å². The van der Waals surface area contributed by atoms with Gasteiger partial charge in [0.1, 0.15) is 5.75 Å². The Morgan fingerprint density at radius 3 is 2.70 bits per heavy atom. The van der Waals surface area contributed by atoms with Crippen LogP contribution in [0.15, 0.2) is 48.5 Å². The summed E-state index contributed by atoms with van der Waals surface area (Å²) in [4.78, 5) is 10.3. The van der Waals surface area contributed by atoms with E-state index in [1.165, 1.54) is 12.1 Å². The number of nitrogens with one attached hydrogen (secondary N) is 2. The molecule has 1 atom stereocenters. The minimum absolute atomic E-state index is 0.0126. The molecule has 0 aromatic heterocycles. The molecule has 2 aromatic rings. The highest BCUT2D eigenvalue weighted by Crippen LogP contribution is 2.20. The number of benzene rings is 2. The standard InChI is InChI=1S/C16H17N3O3S/c1-11(12-5-3-8-15(9-12)22-2)17-16(23)18-13-6-4-7-14(10-13)19(20)21/h3-11H,1-2H3,(H2,17,18,23). The van der Waals surface area contributed by atoms with Crippen molar-refractivity contribution in [3.05, 3.63) is 64.2 Å². The summed E-state index contributed by atoms with van der Waals surface area (Å²) in [5.74, 6) is 0.772. The zero-order valence-electron chi connectivity index (χ0n) is 12.8. The molecule has 0 saturated heterocycles. The van der Waals surface area contributed by atoms with Crippen LogP contribution in [0.5, 0.6) is 5.75 Å². The predicted molar refractivity (Wildman–Crippen MR) is 93.9 cm³/mol. The van der Waals surface area contributed by atoms with Gasteiger partial charge in [0.15, 0.2) is 5.11 Å². The van der Waals surface area contributed by atoms with E-state index in [9.17, 15) is 10.1 Å². The van der Waals surface area contributed by atoms with Crippen LogP contribution >= 0.6 is 12.2 Å². The Morgan fingerprint density at radius 1 is 1.26 bits per heavy atom. The molecule has 23 heavy (non-hydrogen) atoms. The lowest BCUT2D eigenvalue weighted by atomic mass is 10.1. The fourth-order valence-electron chi connectivity index (χ4n) is 2.06. The lowest BCUT2D eigenvalue weighted by Gasteiger charge is -2.18. The van der Waals surface area contributed by atoms with Crippen LogP contribution in [0.4, 0.5) is 11.4 Å². The van der Waals surface area contributed by atoms with E-state index < -0.39 is 4.92 Å². The van der Waals surface area contributed by atoms with Crippen molar-refractivity contribution in [1.82, 2.24) is 5.32 Å². The molecular formula is C16H17N3O3S. The number of hydrogen-bond acceptors (Lipinski definition) is 4. The monoisotopic (exact) mass is 331 g/mol. The normalized spacial score (nSPS) is 11.4. The third-order valence-electron chi connectivity index (χ3n) is 3.26. The van der Waals surface area contributed by atoms with Crippen LogP contribution in [0.1, 0.15) is 18.5 Å². The molecule has 0 heterocycles. The summed E-state index contributed by atoms with van der Waals surface area (Å²) in [6, 6.07) is 13.8. The maximum absolute atomic E-state index is 10.8. The highest BCUT2D eigenvalue weighted by atomic mass is 32.1. The van der Waals surface area contributed by atoms with Crippen molar-refractivity contribution in [2.45, 2.75) is 13.0 Å². The van der Waals surface area contributed by atoms with Gasteiger partial charge in [0.05, 0.1) is 18.1 Å². The first-order valence-electron chi connectivity index (χ1n) is 6.95. The first-order chi connectivity index (χ1) is 11.0. The van der Waals surface area contributed by atoms with Gasteiger partial charge in [-0.15, -0.1) is 0 Å². The summed E-state index contributed by atoms with van der Waals surface area (Å²) in [6.07, 6.45) is 0. The average molecular weight is 331 g/mol. The van der Waals surface area contributed by atoms with Gasteiger partial charge < -0.3 is 15.4 Å². The predicted octanol–water partition coefficient (Wildman–Crippen LogP) is 3.65. The average Bonchev–Trinajstić information content (AvgIpc) is 2.55. The Morgan fingerprint density at radius 2 is 2.00 bits per heavy atom. The van der Waals surface area contributed by atoms with E-state index in [1.54, 1.807) is 19.2 Å². The minimum atomic E-state index is -0.444. The van der Waals surface area contributed by atoms with Crippen molar-refractivity contribution in [1.29, 1.82) is 0 Å². The SMILES string of the molecule is COc1cccc(C(C)NC(=S)Nc2cccc([N+](=O)[O-])c2)c1. The Labute approximate surface area is 139 Å². The summed E-state index contributed by atoms with van der Waals surface area (Å²) >= 11 is 5.26. The number of anilines is 1. The Hall–Kier alpha value is -2.67. The van der Waals surface area contributed by atoms with Crippen LogP contribution in [-0.4, -0.2) is 17.1 Å². The highest BCUT2D eigenvalue weighted by molar-refractivity contribution is 7.80. The van der Waals surface area contributed by atoms with E-state index in [1.807, 2.05) is 31.2 Å². The second kappa shape index (κ2) is 7.55. The van der Waals surface area contributed by atoms with E-state index >= 15 is 0 Å². The topological polar surface area (TPSA) is 76.4 Å². The summed E-state index contributed by atoms with van der Waals surface area (Å²) in [6.45, 7) is 1.97. The molecule has 0 radical (unpaired) electrons. The maximum Gasteiger partial charge on any atom is 0.271 e. The van der Waals surface area contributed by atoms with Gasteiger partial charge in [-0.2, -0.15) is 0 Å². The van der Waals surface area contributed by atoms with Crippen molar-refractivity contribution in [3.63, 3.8) is 0 Å². The molecule has 120 valence electrons. The van der Waals surface area contributed by atoms with Crippen molar-refractivity contribution in [2.75, 3.05) is 12.4 Å². The van der Waals surface area contributed by atoms with Gasteiger partial charge in [0.25, 0.3) is 5.69 Å². The fraction of sp³-hybridized carbons (Fsp3) is 0.188. The number of hydrogen-bond donors (Lipinski definition) is 2. The quantitative estimate of drug-likeness (QED) is 0.495. The van der Waals surface area contributed by atoms with E-state index in [0.29, 0.717) is 10.8 Å². The number of methoxy groups -OCH3 is 1. The van der Waals surface area contributed by atoms with Crippen LogP contribution < -0.4 is 15.4 Å². The number of non-ortho nitro benzene ring substituents is 1. The van der Waals surface area contributed by atoms with Crippen molar-refractivity contribution in [2.24, 2.45) is 0 Å². The number of rotatable bonds is 5. The minimum Gasteiger partial charge on any atom is -0.497 e. The van der Waals surface area contributed by atoms with E-state index in [0.717, 1.165) is 11.3 Å². The van der Waals surface area contributed by atoms with Crippen molar-refractivity contribution in [3.8, 4) is 5.75 Å². The van der Waals surface area contributed by atoms with Gasteiger partial charge in [-0.1, -0.05) is 18.2 Å². The van der Waals surface area contributed by atoms with Crippen LogP contribution in [0.3, 0.4) is 0 Å². The molecule has 0 bridgehead atoms. The third kappa shape index (κ3) is 4.65. The number of nitro benzene ring substituents is 1. The molecule has 0 amide bonds. The zero-order chi connectivity index (χ0) is 16.8. The third-order valence-corrected chi connectivity index (χ3v) is 3.48. The van der Waals surface area contributed by atoms with Crippen molar-refractivity contribution >= 4 is 28.7 Å². The molecule has 2 rings (SSSR count). The van der Waals surface area contributed by atoms with Crippen LogP contribution in [0.25, 0.3) is 0 Å². The molecule has 2 N–H and O–H groups in total. The first kappa shape index (κ1) is 16.7. The number of nitro groups is 1. The molecule has 0 aliphatic carbocycles. The van der Waals surface area contributed by atoms with Gasteiger partial charge in [-0.05, 0) is 42.9 Å². The van der Waals surface area contributed by atoms with Gasteiger partial charge in [-0.3, -0.25) is 10.1 Å². The van der Waals surface area contributed by atoms with Crippen molar-refractivity contribution < 1.29 is 9.66 Å². The second-order valence-electron chi connectivity index (χ2n) is 4.90. The van der Waals surface area contributed by atoms with Crippen LogP contribution in [-0.2, 0) is 0 Å². The number of ether oxygens (including phenoxy) is 1. The molecule has 0 saturated carbocycles. The molecule has 0 aliphatic rings. The van der Waals surface area contributed by atoms with Crippen LogP contribution in [0.2, 0.25) is 0 Å². The Balaban J connectivity index is 2.01. The number of nitrogens with zero attached hydrogens (tertiary/aromatic N) is 1. The fourth-order valence-corrected chi connectivity index (χ4v) is 2.35. The summed E-state index contributed by atoms with van der Waals surface area (Å²) in [5, 5.41) is 17.3. The Kier molecular flexibility index (Phi) is 5.48. The largest absolute Gasteiger partial charge is 0.497 e. The second-order valence-corrected chi connectivity index (χ2v) is 5.31. The molecule has 0 fully saturated rings. The summed E-state index contributed by atoms with van der Waals surface area (Å²) < 4.78 is 5.20. The lowest BCUT2D eigenvalue weighted by Crippen LogP contribution is -2.30. The van der Waals surface area contributed by atoms with Crippen LogP contribution in [0, 0.1) is 10.1 Å². The zero-order valence-corrected chi connectivity index (χ0v) is 13.6. The van der Waals surface area contributed by atoms with E-state index in [4.69, 9.17) is 17.0 Å². The molecule has 7 heteroatoms. The first-order valence-corrected chi connectivity index (χ1v) is 7.36. The van der Waals surface area contributed by atoms with Gasteiger partial charge >= 0.3 is 0 Å². The molecular weight excluding hydrogens is 314 g/mol. The highest BCUT2D eigenvalue weighted by Gasteiger charge is 2.10. The van der Waals surface area contributed by atoms with E-state index in [-0.39, 0.29) is 11.7 Å². The molecule has 2 aromatic carbocycles. The molecule has 0 aliphatic heterocycles. The molecule has 6 nitrogen and oxygen atoms in total. The Bertz CT molecular complexity index is 721. The summed E-state index contributed by atoms with van der Waals surface area (Å²) in [5.41, 5.74) is 1.60. The summed E-state index contributed by atoms with van der Waals surface area (Å²) in [7, 11) is 1.62. The lowest BCUT2D eigenvalue weighted by molar-refractivity contribution is -0.384. The molecule has 0 spiro atoms. The van der Waals surface area contributed by atoms with Gasteiger partial charge in [-0.25, -0.2) is 0 Å².